The molecule has 63 heavy (non-hydrogen) atoms. The molecular formula is C60H42N2O. The second kappa shape index (κ2) is 14.8. The van der Waals surface area contributed by atoms with E-state index in [1.807, 2.05) is 12.1 Å². The largest absolute Gasteiger partial charge is 0.455 e. The number of fused-ring (bicyclic) bond motifs is 7. The smallest absolute Gasteiger partial charge is 0.143 e. The van der Waals surface area contributed by atoms with E-state index >= 15 is 0 Å². The zero-order chi connectivity index (χ0) is 42.0. The molecule has 0 aliphatic heterocycles. The van der Waals surface area contributed by atoms with Gasteiger partial charge in [-0.1, -0.05) is 146 Å². The van der Waals surface area contributed by atoms with Crippen LogP contribution in [0.1, 0.15) is 11.1 Å². The first-order valence-corrected chi connectivity index (χ1v) is 21.7. The molecule has 0 fully saturated rings. The third kappa shape index (κ3) is 6.20. The Labute approximate surface area is 366 Å². The first kappa shape index (κ1) is 36.7. The molecule has 0 atom stereocenters. The van der Waals surface area contributed by atoms with Gasteiger partial charge in [-0.05, 0) is 136 Å². The van der Waals surface area contributed by atoms with Crippen LogP contribution < -0.4 is 4.90 Å². The molecule has 2 heterocycles. The summed E-state index contributed by atoms with van der Waals surface area (Å²) in [7, 11) is 0. The van der Waals surface area contributed by atoms with Gasteiger partial charge in [0.2, 0.25) is 0 Å². The number of benzene rings is 10. The topological polar surface area (TPSA) is 21.3 Å². The van der Waals surface area contributed by atoms with Gasteiger partial charge in [0.15, 0.2) is 0 Å². The number of hydrogen-bond acceptors (Lipinski definition) is 2. The summed E-state index contributed by atoms with van der Waals surface area (Å²) >= 11 is 0. The van der Waals surface area contributed by atoms with E-state index in [1.165, 1.54) is 71.6 Å². The Bertz CT molecular complexity index is 3630. The van der Waals surface area contributed by atoms with Crippen molar-refractivity contribution in [2.45, 2.75) is 13.8 Å². The molecular weight excluding hydrogens is 765 g/mol. The maximum Gasteiger partial charge on any atom is 0.143 e. The minimum Gasteiger partial charge on any atom is -0.455 e. The molecule has 298 valence electrons. The summed E-state index contributed by atoms with van der Waals surface area (Å²) in [4.78, 5) is 2.42. The van der Waals surface area contributed by atoms with Crippen LogP contribution in [-0.2, 0) is 0 Å². The number of rotatable bonds is 7. The minimum atomic E-state index is 0.905. The average molecular weight is 807 g/mol. The molecule has 0 radical (unpaired) electrons. The number of para-hydroxylation sites is 4. The van der Waals surface area contributed by atoms with Crippen molar-refractivity contribution in [2.24, 2.45) is 0 Å². The van der Waals surface area contributed by atoms with Gasteiger partial charge >= 0.3 is 0 Å². The molecule has 0 aliphatic carbocycles. The van der Waals surface area contributed by atoms with Gasteiger partial charge in [-0.2, -0.15) is 0 Å². The van der Waals surface area contributed by atoms with Gasteiger partial charge in [0, 0.05) is 44.2 Å². The van der Waals surface area contributed by atoms with Crippen molar-refractivity contribution in [1.82, 2.24) is 4.57 Å². The molecule has 0 bridgehead atoms. The van der Waals surface area contributed by atoms with Gasteiger partial charge in [-0.3, -0.25) is 0 Å². The molecule has 12 rings (SSSR count). The van der Waals surface area contributed by atoms with Crippen LogP contribution in [0.4, 0.5) is 17.1 Å². The maximum absolute atomic E-state index is 6.46. The molecule has 3 heteroatoms. The molecule has 3 nitrogen and oxygen atoms in total. The minimum absolute atomic E-state index is 0.905. The highest BCUT2D eigenvalue weighted by atomic mass is 16.3. The zero-order valence-electron chi connectivity index (χ0n) is 35.1. The molecule has 12 aromatic rings. The monoisotopic (exact) mass is 806 g/mol. The normalized spacial score (nSPS) is 11.7. The van der Waals surface area contributed by atoms with E-state index in [1.54, 1.807) is 0 Å². The van der Waals surface area contributed by atoms with E-state index in [-0.39, 0.29) is 0 Å². The van der Waals surface area contributed by atoms with Gasteiger partial charge < -0.3 is 13.9 Å². The van der Waals surface area contributed by atoms with Crippen molar-refractivity contribution >= 4 is 71.6 Å². The molecule has 0 unspecified atom stereocenters. The SMILES string of the molecule is Cc1cc(-c2cccc(-n3c4ccccc4c4ccccc43)c2)cc(C)c1N(c1ccc(-c2ccc3ccccc3c2)cc1)c1ccc(-c2cccc3c2oc2ccccc23)cc1. The van der Waals surface area contributed by atoms with Crippen LogP contribution in [0.15, 0.2) is 223 Å². The van der Waals surface area contributed by atoms with Gasteiger partial charge in [0.25, 0.3) is 0 Å². The molecule has 0 aliphatic rings. The van der Waals surface area contributed by atoms with Crippen molar-refractivity contribution in [3.8, 4) is 39.1 Å². The van der Waals surface area contributed by atoms with Crippen LogP contribution in [0, 0.1) is 13.8 Å². The Morgan fingerprint density at radius 2 is 0.937 bits per heavy atom. The lowest BCUT2D eigenvalue weighted by Crippen LogP contribution is -2.13. The van der Waals surface area contributed by atoms with E-state index in [4.69, 9.17) is 4.42 Å². The zero-order valence-corrected chi connectivity index (χ0v) is 35.1. The van der Waals surface area contributed by atoms with Crippen molar-refractivity contribution in [2.75, 3.05) is 4.90 Å². The number of hydrogen-bond donors (Lipinski definition) is 0. The van der Waals surface area contributed by atoms with Gasteiger partial charge in [-0.15, -0.1) is 0 Å². The van der Waals surface area contributed by atoms with Crippen LogP contribution in [0.3, 0.4) is 0 Å². The Hall–Kier alpha value is -8.14. The molecule has 0 saturated heterocycles. The van der Waals surface area contributed by atoms with Crippen molar-refractivity contribution in [1.29, 1.82) is 0 Å². The molecule has 0 N–H and O–H groups in total. The Morgan fingerprint density at radius 3 is 1.65 bits per heavy atom. The van der Waals surface area contributed by atoms with Gasteiger partial charge in [-0.25, -0.2) is 0 Å². The number of aryl methyl sites for hydroxylation is 2. The summed E-state index contributed by atoms with van der Waals surface area (Å²) in [5.41, 5.74) is 18.1. The number of nitrogens with zero attached hydrogens (tertiary/aromatic N) is 2. The van der Waals surface area contributed by atoms with E-state index in [9.17, 15) is 0 Å². The predicted octanol–water partition coefficient (Wildman–Crippen LogP) is 16.9. The number of furan rings is 1. The fraction of sp³-hybridized carbons (Fsp3) is 0.0333. The molecule has 10 aromatic carbocycles. The number of aromatic nitrogens is 1. The maximum atomic E-state index is 6.46. The van der Waals surface area contributed by atoms with E-state index < -0.39 is 0 Å². The van der Waals surface area contributed by atoms with E-state index in [0.717, 1.165) is 50.1 Å². The second-order valence-electron chi connectivity index (χ2n) is 16.7. The van der Waals surface area contributed by atoms with Crippen molar-refractivity contribution in [3.63, 3.8) is 0 Å². The highest BCUT2D eigenvalue weighted by Crippen LogP contribution is 2.43. The second-order valence-corrected chi connectivity index (χ2v) is 16.7. The van der Waals surface area contributed by atoms with E-state index in [0.29, 0.717) is 0 Å². The quantitative estimate of drug-likeness (QED) is 0.160. The van der Waals surface area contributed by atoms with Gasteiger partial charge in [0.1, 0.15) is 11.2 Å². The third-order valence-corrected chi connectivity index (χ3v) is 12.8. The highest BCUT2D eigenvalue weighted by molar-refractivity contribution is 6.10. The van der Waals surface area contributed by atoms with Crippen molar-refractivity contribution < 1.29 is 4.42 Å². The summed E-state index contributed by atoms with van der Waals surface area (Å²) in [6.45, 7) is 4.49. The summed E-state index contributed by atoms with van der Waals surface area (Å²) in [6, 6.07) is 79.0. The first-order valence-electron chi connectivity index (χ1n) is 21.7. The van der Waals surface area contributed by atoms with Crippen LogP contribution in [0.2, 0.25) is 0 Å². The molecule has 0 saturated carbocycles. The van der Waals surface area contributed by atoms with Crippen molar-refractivity contribution in [3.05, 3.63) is 230 Å². The van der Waals surface area contributed by atoms with E-state index in [2.05, 4.69) is 230 Å². The summed E-state index contributed by atoms with van der Waals surface area (Å²) < 4.78 is 8.85. The lowest BCUT2D eigenvalue weighted by atomic mass is 9.96. The lowest BCUT2D eigenvalue weighted by Gasteiger charge is -2.29. The first-order chi connectivity index (χ1) is 31.1. The Morgan fingerprint density at radius 1 is 0.381 bits per heavy atom. The summed E-state index contributed by atoms with van der Waals surface area (Å²) in [6.07, 6.45) is 0. The van der Waals surface area contributed by atoms with Crippen LogP contribution >= 0.6 is 0 Å². The highest BCUT2D eigenvalue weighted by Gasteiger charge is 2.20. The molecule has 0 amide bonds. The van der Waals surface area contributed by atoms with Gasteiger partial charge in [0.05, 0.1) is 16.7 Å². The summed E-state index contributed by atoms with van der Waals surface area (Å²) in [5, 5.41) is 7.28. The Kier molecular flexibility index (Phi) is 8.62. The lowest BCUT2D eigenvalue weighted by molar-refractivity contribution is 0.670. The predicted molar refractivity (Wildman–Crippen MR) is 266 cm³/mol. The molecule has 2 aromatic heterocycles. The standard InChI is InChI=1S/C60H42N2O/c1-39-35-47(45-15-11-16-50(38-45)62-56-22-8-5-17-52(56)53-18-6-9-23-57(53)62)36-40(2)59(39)61(48-31-27-42(28-32-48)46-26-25-41-13-3-4-14-44(41)37-46)49-33-29-43(30-34-49)51-20-12-21-55-54-19-7-10-24-58(54)63-60(51)55/h3-38H,1-2H3. The average Bonchev–Trinajstić information content (AvgIpc) is 3.89. The Balaban J connectivity index is 0.960. The van der Waals surface area contributed by atoms with Crippen LogP contribution in [0.25, 0.3) is 93.6 Å². The third-order valence-electron chi connectivity index (χ3n) is 12.8. The van der Waals surface area contributed by atoms with Crippen LogP contribution in [0.5, 0.6) is 0 Å². The number of anilines is 3. The summed E-state index contributed by atoms with van der Waals surface area (Å²) in [5.74, 6) is 0. The fourth-order valence-electron chi connectivity index (χ4n) is 9.84. The fourth-order valence-corrected chi connectivity index (χ4v) is 9.84. The molecule has 0 spiro atoms. The van der Waals surface area contributed by atoms with Crippen LogP contribution in [-0.4, -0.2) is 4.57 Å².